The van der Waals surface area contributed by atoms with Crippen LogP contribution in [0.15, 0.2) is 30.5 Å². The number of hydrogen-bond donors (Lipinski definition) is 2. The summed E-state index contributed by atoms with van der Waals surface area (Å²) in [5, 5.41) is 29.3. The number of allylic oxidation sites excluding steroid dienone is 1. The van der Waals surface area contributed by atoms with Crippen LogP contribution in [-0.4, -0.2) is 30.4 Å². The van der Waals surface area contributed by atoms with E-state index in [4.69, 9.17) is 5.26 Å². The maximum absolute atomic E-state index is 14.4. The number of nitriles is 1. The van der Waals surface area contributed by atoms with Crippen LogP contribution in [0, 0.1) is 31.0 Å². The van der Waals surface area contributed by atoms with Crippen LogP contribution in [0.5, 0.6) is 0 Å². The van der Waals surface area contributed by atoms with Crippen LogP contribution in [0.3, 0.4) is 0 Å². The monoisotopic (exact) mass is 324 g/mol. The van der Waals surface area contributed by atoms with E-state index in [2.05, 4.69) is 31.0 Å². The van der Waals surface area contributed by atoms with Crippen molar-refractivity contribution in [1.82, 2.24) is 30.4 Å². The second-order valence-electron chi connectivity index (χ2n) is 5.05. The summed E-state index contributed by atoms with van der Waals surface area (Å²) in [5.74, 6) is -0.276. The van der Waals surface area contributed by atoms with Crippen molar-refractivity contribution in [2.45, 2.75) is 13.8 Å². The van der Waals surface area contributed by atoms with Gasteiger partial charge in [0, 0.05) is 17.6 Å². The summed E-state index contributed by atoms with van der Waals surface area (Å²) in [6.45, 7) is 3.71. The number of aromatic nitrogens is 6. The third-order valence-electron chi connectivity index (χ3n) is 3.28. The fraction of sp³-hybridized carbons (Fsp3) is 0.133. The van der Waals surface area contributed by atoms with E-state index in [1.54, 1.807) is 16.8 Å². The van der Waals surface area contributed by atoms with Gasteiger partial charge in [-0.25, -0.2) is 9.07 Å². The van der Waals surface area contributed by atoms with Crippen LogP contribution >= 0.6 is 0 Å². The number of nitrogens with one attached hydrogen (secondary N) is 2. The van der Waals surface area contributed by atoms with Gasteiger partial charge in [0.15, 0.2) is 5.82 Å². The number of hydrogen-bond acceptors (Lipinski definition) is 6. The van der Waals surface area contributed by atoms with Gasteiger partial charge in [0.25, 0.3) is 0 Å². The zero-order valence-corrected chi connectivity index (χ0v) is 12.9. The second kappa shape index (κ2) is 6.29. The molecule has 8 nitrogen and oxygen atoms in total. The number of tetrazole rings is 1. The van der Waals surface area contributed by atoms with Gasteiger partial charge in [-0.05, 0) is 43.3 Å². The predicted molar refractivity (Wildman–Crippen MR) is 84.4 cm³/mol. The summed E-state index contributed by atoms with van der Waals surface area (Å²) >= 11 is 0. The first-order valence-corrected chi connectivity index (χ1v) is 7.02. The molecule has 0 amide bonds. The quantitative estimate of drug-likeness (QED) is 0.712. The maximum Gasteiger partial charge on any atom is 0.216 e. The van der Waals surface area contributed by atoms with Crippen molar-refractivity contribution >= 4 is 11.3 Å². The van der Waals surface area contributed by atoms with E-state index < -0.39 is 5.82 Å². The predicted octanol–water partition coefficient (Wildman–Crippen LogP) is 2.12. The molecule has 0 saturated carbocycles. The average molecular weight is 324 g/mol. The maximum atomic E-state index is 14.4. The molecule has 0 atom stereocenters. The molecule has 0 unspecified atom stereocenters. The van der Waals surface area contributed by atoms with Gasteiger partial charge in [0.2, 0.25) is 5.82 Å². The minimum absolute atomic E-state index is 0.157. The highest BCUT2D eigenvalue weighted by atomic mass is 19.1. The fourth-order valence-corrected chi connectivity index (χ4v) is 2.22. The third kappa shape index (κ3) is 2.98. The van der Waals surface area contributed by atoms with E-state index >= 15 is 0 Å². The summed E-state index contributed by atoms with van der Waals surface area (Å²) in [5.41, 5.74) is 2.67. The Morgan fingerprint density at radius 3 is 2.79 bits per heavy atom. The molecule has 2 aromatic heterocycles. The molecular weight excluding hydrogens is 311 g/mol. The van der Waals surface area contributed by atoms with Crippen molar-refractivity contribution in [2.75, 3.05) is 5.32 Å². The molecule has 0 aliphatic carbocycles. The molecule has 2 heterocycles. The van der Waals surface area contributed by atoms with Crippen LogP contribution in [0.2, 0.25) is 0 Å². The first kappa shape index (κ1) is 15.4. The van der Waals surface area contributed by atoms with Gasteiger partial charge in [0.05, 0.1) is 5.69 Å². The van der Waals surface area contributed by atoms with E-state index in [0.29, 0.717) is 11.4 Å². The lowest BCUT2D eigenvalue weighted by Gasteiger charge is -2.08. The summed E-state index contributed by atoms with van der Waals surface area (Å²) in [6, 6.07) is 8.45. The molecule has 0 saturated heterocycles. The highest BCUT2D eigenvalue weighted by molar-refractivity contribution is 5.74. The molecule has 0 radical (unpaired) electrons. The molecule has 0 fully saturated rings. The largest absolute Gasteiger partial charge is 0.360 e. The van der Waals surface area contributed by atoms with Crippen LogP contribution in [0.4, 0.5) is 10.1 Å². The van der Waals surface area contributed by atoms with Gasteiger partial charge in [-0.1, -0.05) is 0 Å². The molecule has 1 aromatic carbocycles. The summed E-state index contributed by atoms with van der Waals surface area (Å²) < 4.78 is 15.9. The SMILES string of the molecule is Cc1cc(C)n(-c2ccc(NC=C(C#N)c3nn[nH]n3)cc2F)n1. The van der Waals surface area contributed by atoms with Gasteiger partial charge in [-0.15, -0.1) is 10.2 Å². The number of anilines is 1. The number of rotatable bonds is 4. The van der Waals surface area contributed by atoms with E-state index in [-0.39, 0.29) is 11.4 Å². The number of nitrogens with zero attached hydrogens (tertiary/aromatic N) is 6. The van der Waals surface area contributed by atoms with E-state index in [0.717, 1.165) is 11.4 Å². The molecule has 0 aliphatic heterocycles. The minimum Gasteiger partial charge on any atom is -0.360 e. The number of aryl methyl sites for hydroxylation is 2. The first-order valence-electron chi connectivity index (χ1n) is 7.02. The minimum atomic E-state index is -0.433. The van der Waals surface area contributed by atoms with Crippen LogP contribution in [0.1, 0.15) is 17.2 Å². The number of halogens is 1. The van der Waals surface area contributed by atoms with Crippen molar-refractivity contribution in [2.24, 2.45) is 0 Å². The standard InChI is InChI=1S/C15H13FN8/c1-9-5-10(2)24(21-9)14-4-3-12(6-13(14)16)18-8-11(7-17)15-19-22-23-20-15/h3-6,8,18H,1-2H3,(H,19,20,22,23). The smallest absolute Gasteiger partial charge is 0.216 e. The molecule has 9 heteroatoms. The van der Waals surface area contributed by atoms with Gasteiger partial charge in [-0.3, -0.25) is 0 Å². The number of H-pyrrole nitrogens is 1. The molecule has 24 heavy (non-hydrogen) atoms. The first-order chi connectivity index (χ1) is 11.6. The Bertz CT molecular complexity index is 933. The van der Waals surface area contributed by atoms with Crippen molar-refractivity contribution in [3.05, 3.63) is 53.5 Å². The Balaban J connectivity index is 1.85. The molecule has 0 bridgehead atoms. The summed E-state index contributed by atoms with van der Waals surface area (Å²) in [6.07, 6.45) is 1.39. The van der Waals surface area contributed by atoms with Crippen molar-refractivity contribution in [1.29, 1.82) is 5.26 Å². The van der Waals surface area contributed by atoms with Gasteiger partial charge in [0.1, 0.15) is 17.3 Å². The summed E-state index contributed by atoms with van der Waals surface area (Å²) in [7, 11) is 0. The third-order valence-corrected chi connectivity index (χ3v) is 3.28. The Morgan fingerprint density at radius 1 is 1.38 bits per heavy atom. The normalized spacial score (nSPS) is 11.3. The lowest BCUT2D eigenvalue weighted by atomic mass is 10.2. The Kier molecular flexibility index (Phi) is 4.03. The molecule has 3 rings (SSSR count). The highest BCUT2D eigenvalue weighted by Crippen LogP contribution is 2.20. The Hall–Kier alpha value is -3.54. The number of benzene rings is 1. The zero-order valence-electron chi connectivity index (χ0n) is 12.9. The van der Waals surface area contributed by atoms with Crippen LogP contribution < -0.4 is 5.32 Å². The van der Waals surface area contributed by atoms with Crippen molar-refractivity contribution in [3.63, 3.8) is 0 Å². The molecule has 0 spiro atoms. The molecular formula is C15H13FN8. The number of aromatic amines is 1. The molecule has 2 N–H and O–H groups in total. The molecule has 0 aliphatic rings. The van der Waals surface area contributed by atoms with Gasteiger partial charge >= 0.3 is 0 Å². The second-order valence-corrected chi connectivity index (χ2v) is 5.05. The fourth-order valence-electron chi connectivity index (χ4n) is 2.22. The average Bonchev–Trinajstić information content (AvgIpc) is 3.18. The highest BCUT2D eigenvalue weighted by Gasteiger charge is 2.10. The van der Waals surface area contributed by atoms with Gasteiger partial charge < -0.3 is 5.32 Å². The van der Waals surface area contributed by atoms with Gasteiger partial charge in [-0.2, -0.15) is 15.6 Å². The molecule has 3 aromatic rings. The summed E-state index contributed by atoms with van der Waals surface area (Å²) in [4.78, 5) is 0. The van der Waals surface area contributed by atoms with Crippen LogP contribution in [-0.2, 0) is 0 Å². The lowest BCUT2D eigenvalue weighted by molar-refractivity contribution is 0.608. The van der Waals surface area contributed by atoms with Crippen molar-refractivity contribution in [3.8, 4) is 11.8 Å². The van der Waals surface area contributed by atoms with Crippen molar-refractivity contribution < 1.29 is 4.39 Å². The van der Waals surface area contributed by atoms with E-state index in [1.807, 2.05) is 26.0 Å². The molecule has 120 valence electrons. The topological polar surface area (TPSA) is 108 Å². The van der Waals surface area contributed by atoms with E-state index in [9.17, 15) is 4.39 Å². The Labute approximate surface area is 136 Å². The lowest BCUT2D eigenvalue weighted by Crippen LogP contribution is -2.03. The zero-order chi connectivity index (χ0) is 17.1. The van der Waals surface area contributed by atoms with E-state index in [1.165, 1.54) is 12.3 Å². The Morgan fingerprint density at radius 2 is 2.21 bits per heavy atom. The van der Waals surface area contributed by atoms with Crippen LogP contribution in [0.25, 0.3) is 11.3 Å².